The van der Waals surface area contributed by atoms with Crippen LogP contribution in [-0.4, -0.2) is 26.2 Å². The fraction of sp³-hybridized carbons (Fsp3) is 0.364. The number of amides is 1. The van der Waals surface area contributed by atoms with Crippen LogP contribution in [0.4, 0.5) is 4.39 Å². The number of morpholine rings is 1. The molecule has 5 heteroatoms. The maximum Gasteiger partial charge on any atom is 0.246 e. The third-order valence-electron chi connectivity index (χ3n) is 2.44. The summed E-state index contributed by atoms with van der Waals surface area (Å²) in [6, 6.07) is 4.23. The van der Waals surface area contributed by atoms with Gasteiger partial charge in [-0.3, -0.25) is 4.79 Å². The SMILES string of the molecule is COc1ccc(F)cc1C1CNC(=O)CO1. The van der Waals surface area contributed by atoms with E-state index in [1.807, 2.05) is 0 Å². The van der Waals surface area contributed by atoms with Crippen molar-refractivity contribution >= 4 is 5.91 Å². The van der Waals surface area contributed by atoms with Gasteiger partial charge in [0.1, 0.15) is 24.3 Å². The second-order valence-electron chi connectivity index (χ2n) is 3.49. The van der Waals surface area contributed by atoms with Crippen molar-refractivity contribution in [3.05, 3.63) is 29.6 Å². The van der Waals surface area contributed by atoms with Gasteiger partial charge < -0.3 is 14.8 Å². The van der Waals surface area contributed by atoms with Gasteiger partial charge in [0.25, 0.3) is 0 Å². The Bertz CT molecular complexity index is 398. The minimum atomic E-state index is -0.358. The van der Waals surface area contributed by atoms with Crippen molar-refractivity contribution in [2.24, 2.45) is 0 Å². The second-order valence-corrected chi connectivity index (χ2v) is 3.49. The zero-order chi connectivity index (χ0) is 11.5. The van der Waals surface area contributed by atoms with Crippen LogP contribution in [0.3, 0.4) is 0 Å². The molecule has 1 fully saturated rings. The second kappa shape index (κ2) is 4.49. The van der Waals surface area contributed by atoms with Gasteiger partial charge in [0.05, 0.1) is 7.11 Å². The normalized spacial score (nSPS) is 20.4. The molecule has 0 spiro atoms. The van der Waals surface area contributed by atoms with E-state index < -0.39 is 0 Å². The maximum absolute atomic E-state index is 13.1. The number of halogens is 1. The van der Waals surface area contributed by atoms with Gasteiger partial charge in [-0.2, -0.15) is 0 Å². The van der Waals surface area contributed by atoms with Crippen molar-refractivity contribution < 1.29 is 18.7 Å². The molecule has 0 aromatic heterocycles. The number of hydrogen-bond donors (Lipinski definition) is 1. The Morgan fingerprint density at radius 1 is 1.56 bits per heavy atom. The van der Waals surface area contributed by atoms with Crippen molar-refractivity contribution in [3.63, 3.8) is 0 Å². The number of benzene rings is 1. The predicted molar refractivity (Wildman–Crippen MR) is 54.7 cm³/mol. The van der Waals surface area contributed by atoms with Gasteiger partial charge in [0.15, 0.2) is 0 Å². The van der Waals surface area contributed by atoms with Crippen LogP contribution < -0.4 is 10.1 Å². The van der Waals surface area contributed by atoms with Crippen molar-refractivity contribution in [1.82, 2.24) is 5.32 Å². The summed E-state index contributed by atoms with van der Waals surface area (Å²) in [5, 5.41) is 2.66. The van der Waals surface area contributed by atoms with Crippen LogP contribution in [0, 0.1) is 5.82 Å². The van der Waals surface area contributed by atoms with Crippen molar-refractivity contribution in [2.75, 3.05) is 20.3 Å². The molecule has 4 nitrogen and oxygen atoms in total. The molecule has 1 atom stereocenters. The third-order valence-corrected chi connectivity index (χ3v) is 2.44. The number of carbonyl (C=O) groups is 1. The van der Waals surface area contributed by atoms with Gasteiger partial charge in [-0.25, -0.2) is 4.39 Å². The highest BCUT2D eigenvalue weighted by Gasteiger charge is 2.23. The monoisotopic (exact) mass is 225 g/mol. The molecule has 2 rings (SSSR count). The average molecular weight is 225 g/mol. The van der Waals surface area contributed by atoms with E-state index in [2.05, 4.69) is 5.32 Å². The lowest BCUT2D eigenvalue weighted by Gasteiger charge is -2.24. The molecular weight excluding hydrogens is 213 g/mol. The minimum absolute atomic E-state index is 0.00959. The molecule has 0 bridgehead atoms. The van der Waals surface area contributed by atoms with E-state index in [9.17, 15) is 9.18 Å². The Morgan fingerprint density at radius 3 is 3.00 bits per heavy atom. The van der Waals surface area contributed by atoms with Gasteiger partial charge >= 0.3 is 0 Å². The van der Waals surface area contributed by atoms with Crippen molar-refractivity contribution in [1.29, 1.82) is 0 Å². The molecule has 86 valence electrons. The molecule has 0 saturated carbocycles. The number of carbonyl (C=O) groups excluding carboxylic acids is 1. The van der Waals surface area contributed by atoms with E-state index >= 15 is 0 Å². The first-order valence-corrected chi connectivity index (χ1v) is 4.92. The molecule has 0 radical (unpaired) electrons. The summed E-state index contributed by atoms with van der Waals surface area (Å²) in [6.45, 7) is 0.322. The van der Waals surface area contributed by atoms with E-state index in [0.29, 0.717) is 17.9 Å². The molecule has 1 N–H and O–H groups in total. The lowest BCUT2D eigenvalue weighted by atomic mass is 10.1. The zero-order valence-electron chi connectivity index (χ0n) is 8.83. The van der Waals surface area contributed by atoms with E-state index in [1.54, 1.807) is 6.07 Å². The largest absolute Gasteiger partial charge is 0.496 e. The van der Waals surface area contributed by atoms with E-state index in [0.717, 1.165) is 0 Å². The lowest BCUT2D eigenvalue weighted by molar-refractivity contribution is -0.133. The smallest absolute Gasteiger partial charge is 0.246 e. The summed E-state index contributed by atoms with van der Waals surface area (Å²) in [7, 11) is 1.51. The standard InChI is InChI=1S/C11H12FNO3/c1-15-9-3-2-7(12)4-8(9)10-5-13-11(14)6-16-10/h2-4,10H,5-6H2,1H3,(H,13,14). The summed E-state index contributed by atoms with van der Waals surface area (Å²) in [6.07, 6.45) is -0.358. The number of nitrogens with one attached hydrogen (secondary N) is 1. The van der Waals surface area contributed by atoms with Crippen LogP contribution in [0.5, 0.6) is 5.75 Å². The maximum atomic E-state index is 13.1. The topological polar surface area (TPSA) is 47.6 Å². The number of rotatable bonds is 2. The Kier molecular flexibility index (Phi) is 3.05. The van der Waals surface area contributed by atoms with Gasteiger partial charge in [-0.1, -0.05) is 0 Å². The molecule has 1 heterocycles. The van der Waals surface area contributed by atoms with Crippen LogP contribution in [0.25, 0.3) is 0 Å². The molecule has 1 aliphatic heterocycles. The molecule has 1 aliphatic rings. The summed E-state index contributed by atoms with van der Waals surface area (Å²) < 4.78 is 23.6. The lowest BCUT2D eigenvalue weighted by Crippen LogP contribution is -2.38. The van der Waals surface area contributed by atoms with Gasteiger partial charge in [0.2, 0.25) is 5.91 Å². The highest BCUT2D eigenvalue weighted by molar-refractivity contribution is 5.77. The van der Waals surface area contributed by atoms with Crippen LogP contribution >= 0.6 is 0 Å². The molecule has 1 aromatic rings. The van der Waals surface area contributed by atoms with Crippen molar-refractivity contribution in [3.8, 4) is 5.75 Å². The zero-order valence-corrected chi connectivity index (χ0v) is 8.83. The fourth-order valence-corrected chi connectivity index (χ4v) is 1.65. The summed E-state index contributed by atoms with van der Waals surface area (Å²) >= 11 is 0. The highest BCUT2D eigenvalue weighted by Crippen LogP contribution is 2.29. The van der Waals surface area contributed by atoms with Gasteiger partial charge in [0, 0.05) is 12.1 Å². The summed E-state index contributed by atoms with van der Waals surface area (Å²) in [5.74, 6) is 0.0467. The quantitative estimate of drug-likeness (QED) is 0.817. The molecular formula is C11H12FNO3. The van der Waals surface area contributed by atoms with E-state index in [1.165, 1.54) is 19.2 Å². The summed E-state index contributed by atoms with van der Waals surface area (Å²) in [4.78, 5) is 10.9. The fourth-order valence-electron chi connectivity index (χ4n) is 1.65. The van der Waals surface area contributed by atoms with E-state index in [4.69, 9.17) is 9.47 Å². The molecule has 1 amide bonds. The van der Waals surface area contributed by atoms with Crippen LogP contribution in [-0.2, 0) is 9.53 Å². The van der Waals surface area contributed by atoms with Crippen LogP contribution in [0.2, 0.25) is 0 Å². The molecule has 1 aromatic carbocycles. The van der Waals surface area contributed by atoms with Crippen LogP contribution in [0.15, 0.2) is 18.2 Å². The molecule has 1 saturated heterocycles. The first-order valence-electron chi connectivity index (χ1n) is 4.92. The number of methoxy groups -OCH3 is 1. The summed E-state index contributed by atoms with van der Waals surface area (Å²) in [5.41, 5.74) is 0.613. The Hall–Kier alpha value is -1.62. The third kappa shape index (κ3) is 2.14. The van der Waals surface area contributed by atoms with Crippen LogP contribution in [0.1, 0.15) is 11.7 Å². The Morgan fingerprint density at radius 2 is 2.38 bits per heavy atom. The highest BCUT2D eigenvalue weighted by atomic mass is 19.1. The van der Waals surface area contributed by atoms with E-state index in [-0.39, 0.29) is 24.4 Å². The predicted octanol–water partition coefficient (Wildman–Crippen LogP) is 1.02. The Balaban J connectivity index is 2.24. The molecule has 16 heavy (non-hydrogen) atoms. The van der Waals surface area contributed by atoms with Gasteiger partial charge in [-0.05, 0) is 18.2 Å². The van der Waals surface area contributed by atoms with Gasteiger partial charge in [-0.15, -0.1) is 0 Å². The number of ether oxygens (including phenoxy) is 2. The first-order chi connectivity index (χ1) is 7.70. The number of hydrogen-bond acceptors (Lipinski definition) is 3. The average Bonchev–Trinajstić information content (AvgIpc) is 2.30. The minimum Gasteiger partial charge on any atom is -0.496 e. The Labute approximate surface area is 92.4 Å². The van der Waals surface area contributed by atoms with Crippen molar-refractivity contribution in [2.45, 2.75) is 6.10 Å². The molecule has 1 unspecified atom stereocenters. The first kappa shape index (κ1) is 10.9. The molecule has 0 aliphatic carbocycles.